The van der Waals surface area contributed by atoms with Gasteiger partial charge in [-0.15, -0.1) is 0 Å². The van der Waals surface area contributed by atoms with Crippen LogP contribution in [0.25, 0.3) is 0 Å². The van der Waals surface area contributed by atoms with E-state index in [-0.39, 0.29) is 12.1 Å². The van der Waals surface area contributed by atoms with E-state index in [1.807, 2.05) is 32.9 Å². The van der Waals surface area contributed by atoms with E-state index in [1.165, 1.54) is 0 Å². The highest BCUT2D eigenvalue weighted by Gasteiger charge is 2.32. The molecule has 21 heavy (non-hydrogen) atoms. The molecular weight excluding hydrogens is 336 g/mol. The molecule has 0 N–H and O–H groups in total. The van der Waals surface area contributed by atoms with Gasteiger partial charge in [-0.05, 0) is 55.6 Å². The first-order chi connectivity index (χ1) is 9.85. The molecule has 0 unspecified atom stereocenters. The van der Waals surface area contributed by atoms with Gasteiger partial charge in [-0.3, -0.25) is 0 Å². The molecule has 1 fully saturated rings. The first-order valence-electron chi connectivity index (χ1n) is 7.10. The molecule has 0 spiro atoms. The smallest absolute Gasteiger partial charge is 0.410 e. The number of carbonyl (C=O) groups is 1. The summed E-state index contributed by atoms with van der Waals surface area (Å²) < 4.78 is 11.9. The van der Waals surface area contributed by atoms with E-state index in [1.54, 1.807) is 11.0 Å². The van der Waals surface area contributed by atoms with E-state index in [2.05, 4.69) is 20.9 Å². The molecule has 1 saturated heterocycles. The maximum absolute atomic E-state index is 12.2. The molecule has 1 aromatic rings. The van der Waals surface area contributed by atoms with Crippen LogP contribution in [0.15, 0.2) is 22.8 Å². The number of carbonyl (C=O) groups excluding carboxylic acids is 1. The fraction of sp³-hybridized carbons (Fsp3) is 0.600. The molecule has 0 bridgehead atoms. The maximum Gasteiger partial charge on any atom is 0.410 e. The van der Waals surface area contributed by atoms with Crippen LogP contribution < -0.4 is 4.74 Å². The zero-order valence-electron chi connectivity index (χ0n) is 12.6. The first-order valence-corrected chi connectivity index (χ1v) is 7.89. The molecule has 0 aromatic carbocycles. The van der Waals surface area contributed by atoms with Gasteiger partial charge in [0.2, 0.25) is 5.88 Å². The zero-order chi connectivity index (χ0) is 15.5. The fourth-order valence-corrected chi connectivity index (χ4v) is 2.55. The van der Waals surface area contributed by atoms with Crippen LogP contribution in [0.2, 0.25) is 0 Å². The predicted octanol–water partition coefficient (Wildman–Crippen LogP) is 3.62. The number of nitrogens with zero attached hydrogens (tertiary/aromatic N) is 2. The number of likely N-dealkylation sites (tertiary alicyclic amines) is 1. The van der Waals surface area contributed by atoms with Crippen LogP contribution in [0.4, 0.5) is 4.79 Å². The van der Waals surface area contributed by atoms with Crippen molar-refractivity contribution in [2.75, 3.05) is 13.2 Å². The lowest BCUT2D eigenvalue weighted by Crippen LogP contribution is -2.42. The molecule has 0 aliphatic carbocycles. The molecule has 1 aromatic heterocycles. The second-order valence-corrected chi connectivity index (χ2v) is 6.89. The number of aromatic nitrogens is 1. The Bertz CT molecular complexity index is 502. The minimum atomic E-state index is -0.475. The van der Waals surface area contributed by atoms with Gasteiger partial charge in [-0.25, -0.2) is 9.78 Å². The van der Waals surface area contributed by atoms with Crippen LogP contribution in [0, 0.1) is 0 Å². The first kappa shape index (κ1) is 16.1. The van der Waals surface area contributed by atoms with Gasteiger partial charge < -0.3 is 14.4 Å². The molecule has 0 radical (unpaired) electrons. The molecule has 0 saturated carbocycles. The summed E-state index contributed by atoms with van der Waals surface area (Å²) in [6.07, 6.45) is 1.63. The molecule has 1 aliphatic heterocycles. The standard InChI is InChI=1S/C15H21BrN2O3/c1-15(2,3)21-14(19)18-9-5-6-11(18)10-20-13-8-4-7-12(16)17-13/h4,7-8,11H,5-6,9-10H2,1-3H3/t11-/m1/s1. The predicted molar refractivity (Wildman–Crippen MR) is 83.4 cm³/mol. The summed E-state index contributed by atoms with van der Waals surface area (Å²) in [5.41, 5.74) is -0.475. The number of hydrogen-bond donors (Lipinski definition) is 0. The molecule has 116 valence electrons. The third-order valence-electron chi connectivity index (χ3n) is 3.12. The Morgan fingerprint density at radius 3 is 2.90 bits per heavy atom. The van der Waals surface area contributed by atoms with E-state index in [0.717, 1.165) is 24.0 Å². The van der Waals surface area contributed by atoms with E-state index in [9.17, 15) is 4.79 Å². The topological polar surface area (TPSA) is 51.7 Å². The van der Waals surface area contributed by atoms with Crippen molar-refractivity contribution in [2.24, 2.45) is 0 Å². The highest BCUT2D eigenvalue weighted by atomic mass is 79.9. The lowest BCUT2D eigenvalue weighted by atomic mass is 10.2. The number of hydrogen-bond acceptors (Lipinski definition) is 4. The molecule has 1 atom stereocenters. The van der Waals surface area contributed by atoms with E-state index >= 15 is 0 Å². The number of halogens is 1. The van der Waals surface area contributed by atoms with Crippen molar-refractivity contribution in [2.45, 2.75) is 45.3 Å². The highest BCUT2D eigenvalue weighted by Crippen LogP contribution is 2.22. The molecule has 2 heterocycles. The average molecular weight is 357 g/mol. The fourth-order valence-electron chi connectivity index (χ4n) is 2.22. The van der Waals surface area contributed by atoms with Crippen molar-refractivity contribution in [1.29, 1.82) is 0 Å². The Labute approximate surface area is 133 Å². The van der Waals surface area contributed by atoms with Gasteiger partial charge in [0.25, 0.3) is 0 Å². The van der Waals surface area contributed by atoms with Gasteiger partial charge in [0.1, 0.15) is 16.8 Å². The lowest BCUT2D eigenvalue weighted by Gasteiger charge is -2.28. The summed E-state index contributed by atoms with van der Waals surface area (Å²) in [5, 5.41) is 0. The molecule has 2 rings (SSSR count). The SMILES string of the molecule is CC(C)(C)OC(=O)N1CCC[C@@H]1COc1cccc(Br)n1. The Hall–Kier alpha value is -1.30. The maximum atomic E-state index is 12.2. The number of rotatable bonds is 3. The Balaban J connectivity index is 1.91. The van der Waals surface area contributed by atoms with Gasteiger partial charge >= 0.3 is 6.09 Å². The van der Waals surface area contributed by atoms with Crippen LogP contribution in [-0.4, -0.2) is 40.8 Å². The Kier molecular flexibility index (Phi) is 5.08. The zero-order valence-corrected chi connectivity index (χ0v) is 14.2. The highest BCUT2D eigenvalue weighted by molar-refractivity contribution is 9.10. The summed E-state index contributed by atoms with van der Waals surface area (Å²) >= 11 is 3.31. The van der Waals surface area contributed by atoms with E-state index in [0.29, 0.717) is 12.5 Å². The van der Waals surface area contributed by atoms with E-state index < -0.39 is 5.60 Å². The Morgan fingerprint density at radius 1 is 1.48 bits per heavy atom. The molecular formula is C15H21BrN2O3. The third kappa shape index (κ3) is 4.88. The monoisotopic (exact) mass is 356 g/mol. The number of pyridine rings is 1. The summed E-state index contributed by atoms with van der Waals surface area (Å²) in [6.45, 7) is 6.77. The lowest BCUT2D eigenvalue weighted by molar-refractivity contribution is 0.0185. The van der Waals surface area contributed by atoms with Crippen molar-refractivity contribution < 1.29 is 14.3 Å². The molecule has 6 heteroatoms. The molecule has 1 amide bonds. The Morgan fingerprint density at radius 2 is 2.24 bits per heavy atom. The normalized spacial score (nSPS) is 18.7. The summed E-state index contributed by atoms with van der Waals surface area (Å²) in [6, 6.07) is 5.56. The van der Waals surface area contributed by atoms with Crippen LogP contribution in [0.1, 0.15) is 33.6 Å². The van der Waals surface area contributed by atoms with Crippen molar-refractivity contribution in [3.05, 3.63) is 22.8 Å². The van der Waals surface area contributed by atoms with Crippen molar-refractivity contribution in [1.82, 2.24) is 9.88 Å². The summed E-state index contributed by atoms with van der Waals surface area (Å²) in [4.78, 5) is 18.1. The summed E-state index contributed by atoms with van der Waals surface area (Å²) in [5.74, 6) is 0.556. The average Bonchev–Trinajstić information content (AvgIpc) is 2.83. The van der Waals surface area contributed by atoms with Crippen LogP contribution in [-0.2, 0) is 4.74 Å². The van der Waals surface area contributed by atoms with Crippen molar-refractivity contribution >= 4 is 22.0 Å². The summed E-state index contributed by atoms with van der Waals surface area (Å²) in [7, 11) is 0. The van der Waals surface area contributed by atoms with Crippen LogP contribution in [0.3, 0.4) is 0 Å². The van der Waals surface area contributed by atoms with Gasteiger partial charge in [0, 0.05) is 12.6 Å². The van der Waals surface area contributed by atoms with Gasteiger partial charge in [-0.1, -0.05) is 6.07 Å². The number of ether oxygens (including phenoxy) is 2. The molecule has 1 aliphatic rings. The van der Waals surface area contributed by atoms with Crippen molar-refractivity contribution in [3.8, 4) is 5.88 Å². The minimum absolute atomic E-state index is 0.0423. The van der Waals surface area contributed by atoms with Gasteiger partial charge in [0.15, 0.2) is 0 Å². The van der Waals surface area contributed by atoms with Crippen LogP contribution in [0.5, 0.6) is 5.88 Å². The van der Waals surface area contributed by atoms with E-state index in [4.69, 9.17) is 9.47 Å². The van der Waals surface area contributed by atoms with Gasteiger partial charge in [0.05, 0.1) is 6.04 Å². The van der Waals surface area contributed by atoms with Crippen LogP contribution >= 0.6 is 15.9 Å². The number of amides is 1. The third-order valence-corrected chi connectivity index (χ3v) is 3.56. The largest absolute Gasteiger partial charge is 0.475 e. The minimum Gasteiger partial charge on any atom is -0.475 e. The molecule has 5 nitrogen and oxygen atoms in total. The van der Waals surface area contributed by atoms with Gasteiger partial charge in [-0.2, -0.15) is 0 Å². The quantitative estimate of drug-likeness (QED) is 0.776. The second-order valence-electron chi connectivity index (χ2n) is 6.08. The second kappa shape index (κ2) is 6.64. The van der Waals surface area contributed by atoms with Crippen molar-refractivity contribution in [3.63, 3.8) is 0 Å².